The fraction of sp³-hybridized carbons (Fsp3) is 0.375. The Labute approximate surface area is 124 Å². The van der Waals surface area contributed by atoms with Gasteiger partial charge >= 0.3 is 0 Å². The molecular weight excluding hydrogens is 272 g/mol. The second kappa shape index (κ2) is 6.23. The minimum absolute atomic E-state index is 0.0153. The number of hydrogen-bond donors (Lipinski definition) is 0. The van der Waals surface area contributed by atoms with Gasteiger partial charge in [-0.05, 0) is 18.2 Å². The monoisotopic (exact) mass is 290 g/mol. The van der Waals surface area contributed by atoms with Gasteiger partial charge in [0.1, 0.15) is 5.15 Å². The average Bonchev–Trinajstić information content (AvgIpc) is 2.44. The normalized spacial score (nSPS) is 11.1. The van der Waals surface area contributed by atoms with Crippen molar-refractivity contribution in [2.24, 2.45) is 5.92 Å². The molecule has 0 aliphatic heterocycles. The zero-order valence-electron chi connectivity index (χ0n) is 12.1. The summed E-state index contributed by atoms with van der Waals surface area (Å²) in [5.41, 5.74) is 0.618. The Bertz CT molecular complexity index is 625. The molecule has 4 heteroatoms. The number of halogens is 1. The number of carbonyl (C=O) groups is 1. The zero-order valence-corrected chi connectivity index (χ0v) is 12.8. The van der Waals surface area contributed by atoms with E-state index >= 15 is 0 Å². The van der Waals surface area contributed by atoms with Gasteiger partial charge in [-0.15, -0.1) is 0 Å². The topological polar surface area (TPSA) is 33.2 Å². The van der Waals surface area contributed by atoms with Crippen molar-refractivity contribution in [3.8, 4) is 0 Å². The summed E-state index contributed by atoms with van der Waals surface area (Å²) in [6, 6.07) is 7.61. The third-order valence-electron chi connectivity index (χ3n) is 3.23. The summed E-state index contributed by atoms with van der Waals surface area (Å²) in [6.45, 7) is 7.63. The van der Waals surface area contributed by atoms with Crippen molar-refractivity contribution in [3.05, 3.63) is 41.2 Å². The van der Waals surface area contributed by atoms with Gasteiger partial charge in [-0.3, -0.25) is 4.79 Å². The summed E-state index contributed by atoms with van der Waals surface area (Å²) in [5, 5.41) is 2.12. The van der Waals surface area contributed by atoms with E-state index in [1.54, 1.807) is 6.20 Å². The molecular formula is C16H19ClN2O. The molecule has 1 heterocycles. The van der Waals surface area contributed by atoms with Gasteiger partial charge in [0.05, 0.1) is 5.56 Å². The van der Waals surface area contributed by atoms with Crippen LogP contribution in [0.3, 0.4) is 0 Å². The fourth-order valence-corrected chi connectivity index (χ4v) is 2.51. The van der Waals surface area contributed by atoms with Crippen molar-refractivity contribution in [2.45, 2.75) is 20.8 Å². The molecule has 3 nitrogen and oxygen atoms in total. The highest BCUT2D eigenvalue weighted by Gasteiger charge is 2.18. The third-order valence-corrected chi connectivity index (χ3v) is 3.53. The molecule has 0 spiro atoms. The van der Waals surface area contributed by atoms with Crippen LogP contribution in [0.1, 0.15) is 31.1 Å². The van der Waals surface area contributed by atoms with Gasteiger partial charge < -0.3 is 4.90 Å². The van der Waals surface area contributed by atoms with Gasteiger partial charge in [0, 0.05) is 24.7 Å². The number of pyridine rings is 1. The second-order valence-corrected chi connectivity index (χ2v) is 5.60. The van der Waals surface area contributed by atoms with Crippen LogP contribution in [-0.4, -0.2) is 28.9 Å². The number of aromatic nitrogens is 1. The van der Waals surface area contributed by atoms with Crippen LogP contribution in [0.4, 0.5) is 0 Å². The van der Waals surface area contributed by atoms with E-state index < -0.39 is 0 Å². The molecule has 0 unspecified atom stereocenters. The molecule has 20 heavy (non-hydrogen) atoms. The van der Waals surface area contributed by atoms with Crippen molar-refractivity contribution >= 4 is 28.3 Å². The lowest BCUT2D eigenvalue weighted by molar-refractivity contribution is 0.0747. The van der Waals surface area contributed by atoms with Crippen molar-refractivity contribution in [1.82, 2.24) is 9.88 Å². The van der Waals surface area contributed by atoms with Gasteiger partial charge in [0.25, 0.3) is 5.91 Å². The number of nitrogens with zero attached hydrogens (tertiary/aromatic N) is 2. The molecule has 0 radical (unpaired) electrons. The van der Waals surface area contributed by atoms with Crippen LogP contribution >= 0.6 is 11.6 Å². The van der Waals surface area contributed by atoms with E-state index in [0.29, 0.717) is 23.2 Å². The van der Waals surface area contributed by atoms with Crippen molar-refractivity contribution in [2.75, 3.05) is 13.1 Å². The number of rotatable bonds is 4. The van der Waals surface area contributed by atoms with Gasteiger partial charge in [-0.2, -0.15) is 0 Å². The van der Waals surface area contributed by atoms with Crippen LogP contribution in [0.2, 0.25) is 5.15 Å². The number of benzene rings is 1. The van der Waals surface area contributed by atoms with Crippen LogP contribution in [-0.2, 0) is 0 Å². The van der Waals surface area contributed by atoms with Crippen LogP contribution in [0, 0.1) is 5.92 Å². The molecule has 0 atom stereocenters. The lowest BCUT2D eigenvalue weighted by Gasteiger charge is -2.23. The van der Waals surface area contributed by atoms with E-state index in [1.165, 1.54) is 0 Å². The van der Waals surface area contributed by atoms with E-state index in [0.717, 1.165) is 17.3 Å². The van der Waals surface area contributed by atoms with Gasteiger partial charge in [-0.25, -0.2) is 4.98 Å². The Morgan fingerprint density at radius 1 is 1.30 bits per heavy atom. The quantitative estimate of drug-likeness (QED) is 0.797. The Morgan fingerprint density at radius 2 is 1.95 bits per heavy atom. The van der Waals surface area contributed by atoms with Gasteiger partial charge in [0.15, 0.2) is 0 Å². The highest BCUT2D eigenvalue weighted by Crippen LogP contribution is 2.25. The molecule has 0 saturated heterocycles. The highest BCUT2D eigenvalue weighted by molar-refractivity contribution is 6.34. The van der Waals surface area contributed by atoms with E-state index in [4.69, 9.17) is 11.6 Å². The smallest absolute Gasteiger partial charge is 0.256 e. The largest absolute Gasteiger partial charge is 0.339 e. The molecule has 2 aromatic rings. The van der Waals surface area contributed by atoms with E-state index in [-0.39, 0.29) is 5.91 Å². The Morgan fingerprint density at radius 3 is 2.55 bits per heavy atom. The minimum atomic E-state index is 0.0153. The average molecular weight is 291 g/mol. The first-order chi connectivity index (χ1) is 9.54. The highest BCUT2D eigenvalue weighted by atomic mass is 35.5. The summed E-state index contributed by atoms with van der Waals surface area (Å²) in [5.74, 6) is 0.451. The van der Waals surface area contributed by atoms with Crippen LogP contribution in [0.15, 0.2) is 30.5 Å². The third kappa shape index (κ3) is 2.93. The fourth-order valence-electron chi connectivity index (χ4n) is 2.30. The molecule has 2 rings (SSSR count). The zero-order chi connectivity index (χ0) is 14.7. The maximum atomic E-state index is 12.7. The molecule has 1 amide bonds. The Hall–Kier alpha value is -1.61. The second-order valence-electron chi connectivity index (χ2n) is 5.25. The van der Waals surface area contributed by atoms with E-state index in [9.17, 15) is 4.79 Å². The lowest BCUT2D eigenvalue weighted by atomic mass is 10.1. The summed E-state index contributed by atoms with van der Waals surface area (Å²) in [6.07, 6.45) is 1.58. The van der Waals surface area contributed by atoms with Crippen molar-refractivity contribution in [1.29, 1.82) is 0 Å². The first-order valence-electron chi connectivity index (χ1n) is 6.87. The number of amides is 1. The first kappa shape index (κ1) is 14.8. The molecule has 1 aromatic carbocycles. The van der Waals surface area contributed by atoms with Crippen molar-refractivity contribution in [3.63, 3.8) is 0 Å². The molecule has 0 fully saturated rings. The van der Waals surface area contributed by atoms with E-state index in [2.05, 4.69) is 18.8 Å². The van der Waals surface area contributed by atoms with Crippen LogP contribution < -0.4 is 0 Å². The van der Waals surface area contributed by atoms with Crippen LogP contribution in [0.25, 0.3) is 10.8 Å². The molecule has 0 N–H and O–H groups in total. The SMILES string of the molecule is CCN(CC(C)C)C(=O)c1cnc(Cl)c2ccccc12. The predicted molar refractivity (Wildman–Crippen MR) is 83.2 cm³/mol. The standard InChI is InChI=1S/C16H19ClN2O/c1-4-19(10-11(2)3)16(20)14-9-18-15(17)13-8-6-5-7-12(13)14/h5-9,11H,4,10H2,1-3H3. The van der Waals surface area contributed by atoms with Crippen LogP contribution in [0.5, 0.6) is 0 Å². The molecule has 0 saturated carbocycles. The molecule has 0 bridgehead atoms. The first-order valence-corrected chi connectivity index (χ1v) is 7.25. The lowest BCUT2D eigenvalue weighted by Crippen LogP contribution is -2.34. The number of hydrogen-bond acceptors (Lipinski definition) is 2. The van der Waals surface area contributed by atoms with Gasteiger partial charge in [-0.1, -0.05) is 49.7 Å². The number of fused-ring (bicyclic) bond motifs is 1. The minimum Gasteiger partial charge on any atom is -0.339 e. The predicted octanol–water partition coefficient (Wildman–Crippen LogP) is 4.01. The molecule has 0 aliphatic rings. The maximum Gasteiger partial charge on any atom is 0.256 e. The van der Waals surface area contributed by atoms with Gasteiger partial charge in [0.2, 0.25) is 0 Å². The van der Waals surface area contributed by atoms with Crippen molar-refractivity contribution < 1.29 is 4.79 Å². The summed E-state index contributed by atoms with van der Waals surface area (Å²) < 4.78 is 0. The summed E-state index contributed by atoms with van der Waals surface area (Å²) in [7, 11) is 0. The molecule has 1 aromatic heterocycles. The maximum absolute atomic E-state index is 12.7. The Kier molecular flexibility index (Phi) is 4.61. The van der Waals surface area contributed by atoms with E-state index in [1.807, 2.05) is 36.1 Å². The molecule has 0 aliphatic carbocycles. The summed E-state index contributed by atoms with van der Waals surface area (Å²) in [4.78, 5) is 18.7. The Balaban J connectivity index is 2.47. The number of carbonyl (C=O) groups excluding carboxylic acids is 1. The summed E-state index contributed by atoms with van der Waals surface area (Å²) >= 11 is 6.10. The molecule has 106 valence electrons.